The second-order valence-electron chi connectivity index (χ2n) is 14.4. The summed E-state index contributed by atoms with van der Waals surface area (Å²) in [5, 5.41) is 44.5. The van der Waals surface area contributed by atoms with Crippen LogP contribution in [0.4, 0.5) is 0 Å². The van der Waals surface area contributed by atoms with E-state index in [1.54, 1.807) is 12.1 Å². The third-order valence-corrected chi connectivity index (χ3v) is 11.7. The molecule has 0 bridgehead atoms. The van der Waals surface area contributed by atoms with Crippen molar-refractivity contribution in [2.75, 3.05) is 0 Å². The lowest BCUT2D eigenvalue weighted by molar-refractivity contribution is 0.936. The number of benzene rings is 7. The Morgan fingerprint density at radius 3 is 1.89 bits per heavy atom. The van der Waals surface area contributed by atoms with Gasteiger partial charge in [0.2, 0.25) is 0 Å². The second-order valence-corrected chi connectivity index (χ2v) is 14.4. The molecule has 1 atom stereocenters. The van der Waals surface area contributed by atoms with Crippen LogP contribution in [-0.4, -0.2) is 4.57 Å². The summed E-state index contributed by atoms with van der Waals surface area (Å²) in [7, 11) is 0. The molecular formula is C51H29N5. The highest BCUT2D eigenvalue weighted by Gasteiger charge is 2.32. The molecule has 0 amide bonds. The second kappa shape index (κ2) is 12.6. The maximum absolute atomic E-state index is 10.7. The number of nitrogens with zero attached hydrogens (tertiary/aromatic N) is 5. The maximum Gasteiger partial charge on any atom is 0.103 e. The average Bonchev–Trinajstić information content (AvgIpc) is 3.74. The zero-order valence-corrected chi connectivity index (χ0v) is 30.3. The van der Waals surface area contributed by atoms with Gasteiger partial charge in [0.15, 0.2) is 0 Å². The summed E-state index contributed by atoms with van der Waals surface area (Å²) in [6.45, 7) is 2.29. The van der Waals surface area contributed by atoms with Crippen LogP contribution in [0.15, 0.2) is 133 Å². The minimum absolute atomic E-state index is 0.0974. The molecule has 5 nitrogen and oxygen atoms in total. The molecule has 258 valence electrons. The van der Waals surface area contributed by atoms with Crippen LogP contribution in [0.1, 0.15) is 62.9 Å². The van der Waals surface area contributed by atoms with E-state index < -0.39 is 0 Å². The Morgan fingerprint density at radius 1 is 0.571 bits per heavy atom. The van der Waals surface area contributed by atoms with Crippen LogP contribution in [0.5, 0.6) is 0 Å². The predicted molar refractivity (Wildman–Crippen MR) is 221 cm³/mol. The third kappa shape index (κ3) is 4.63. The first kappa shape index (κ1) is 32.7. The molecule has 0 spiro atoms. The van der Waals surface area contributed by atoms with Crippen LogP contribution in [0.3, 0.4) is 0 Å². The van der Waals surface area contributed by atoms with Crippen LogP contribution in [-0.2, 0) is 6.42 Å². The average molecular weight is 712 g/mol. The molecule has 1 heterocycles. The number of hydrogen-bond donors (Lipinski definition) is 0. The van der Waals surface area contributed by atoms with Crippen molar-refractivity contribution in [1.82, 2.24) is 4.57 Å². The summed E-state index contributed by atoms with van der Waals surface area (Å²) in [4.78, 5) is 0. The van der Waals surface area contributed by atoms with E-state index in [4.69, 9.17) is 0 Å². The summed E-state index contributed by atoms with van der Waals surface area (Å²) >= 11 is 0. The van der Waals surface area contributed by atoms with Crippen molar-refractivity contribution in [3.05, 3.63) is 184 Å². The van der Waals surface area contributed by atoms with E-state index in [0.717, 1.165) is 38.5 Å². The summed E-state index contributed by atoms with van der Waals surface area (Å²) in [6, 6.07) is 54.0. The first-order chi connectivity index (χ1) is 27.5. The third-order valence-electron chi connectivity index (χ3n) is 11.7. The Hall–Kier alpha value is -7.96. The largest absolute Gasteiger partial charge is 0.308 e. The first-order valence-corrected chi connectivity index (χ1v) is 18.5. The van der Waals surface area contributed by atoms with Crippen LogP contribution >= 0.6 is 0 Å². The zero-order chi connectivity index (χ0) is 38.1. The van der Waals surface area contributed by atoms with Crippen molar-refractivity contribution in [3.63, 3.8) is 0 Å². The molecule has 0 saturated heterocycles. The van der Waals surface area contributed by atoms with Gasteiger partial charge in [-0.1, -0.05) is 116 Å². The molecule has 0 fully saturated rings. The predicted octanol–water partition coefficient (Wildman–Crippen LogP) is 11.8. The van der Waals surface area contributed by atoms with E-state index in [-0.39, 0.29) is 22.6 Å². The lowest BCUT2D eigenvalue weighted by Gasteiger charge is -2.26. The molecule has 2 aliphatic rings. The lowest BCUT2D eigenvalue weighted by Crippen LogP contribution is -2.08. The number of allylic oxidation sites excluding steroid dienone is 1. The molecule has 7 aromatic carbocycles. The van der Waals surface area contributed by atoms with Crippen LogP contribution in [0.2, 0.25) is 0 Å². The van der Waals surface area contributed by atoms with Gasteiger partial charge in [-0.15, -0.1) is 0 Å². The minimum Gasteiger partial charge on any atom is -0.308 e. The molecule has 2 aliphatic carbocycles. The Labute approximate surface area is 324 Å². The Kier molecular flexibility index (Phi) is 7.34. The molecule has 0 radical (unpaired) electrons. The van der Waals surface area contributed by atoms with E-state index in [1.165, 1.54) is 38.9 Å². The highest BCUT2D eigenvalue weighted by Crippen LogP contribution is 2.52. The molecule has 1 unspecified atom stereocenters. The zero-order valence-electron chi connectivity index (χ0n) is 30.3. The van der Waals surface area contributed by atoms with Gasteiger partial charge in [0.25, 0.3) is 0 Å². The fourth-order valence-electron chi connectivity index (χ4n) is 9.29. The van der Waals surface area contributed by atoms with Crippen molar-refractivity contribution in [1.29, 1.82) is 21.0 Å². The fraction of sp³-hybridized carbons (Fsp3) is 0.0588. The smallest absolute Gasteiger partial charge is 0.103 e. The van der Waals surface area contributed by atoms with E-state index in [9.17, 15) is 21.0 Å². The highest BCUT2D eigenvalue weighted by molar-refractivity contribution is 6.09. The van der Waals surface area contributed by atoms with E-state index >= 15 is 0 Å². The number of rotatable bonds is 3. The summed E-state index contributed by atoms with van der Waals surface area (Å²) in [5.74, 6) is 0.264. The molecule has 1 aromatic heterocycles. The van der Waals surface area contributed by atoms with Gasteiger partial charge in [-0.2, -0.15) is 21.0 Å². The topological polar surface area (TPSA) is 100 Å². The number of para-hydroxylation sites is 2. The fourth-order valence-corrected chi connectivity index (χ4v) is 9.29. The van der Waals surface area contributed by atoms with Crippen LogP contribution in [0, 0.1) is 45.3 Å². The number of fused-ring (bicyclic) bond motifs is 10. The van der Waals surface area contributed by atoms with Gasteiger partial charge in [-0.3, -0.25) is 0 Å². The van der Waals surface area contributed by atoms with Gasteiger partial charge in [-0.05, 0) is 98.0 Å². The van der Waals surface area contributed by atoms with Crippen molar-refractivity contribution in [2.45, 2.75) is 19.3 Å². The van der Waals surface area contributed by atoms with Crippen molar-refractivity contribution in [3.8, 4) is 63.3 Å². The van der Waals surface area contributed by atoms with Gasteiger partial charge in [0, 0.05) is 22.3 Å². The molecule has 5 heteroatoms. The summed E-state index contributed by atoms with van der Waals surface area (Å²) in [6.07, 6.45) is 2.83. The Bertz CT molecular complexity index is 3190. The van der Waals surface area contributed by atoms with Gasteiger partial charge >= 0.3 is 0 Å². The van der Waals surface area contributed by atoms with Gasteiger partial charge in [0.1, 0.15) is 12.1 Å². The maximum atomic E-state index is 10.7. The lowest BCUT2D eigenvalue weighted by atomic mass is 9.77. The monoisotopic (exact) mass is 711 g/mol. The van der Waals surface area contributed by atoms with Gasteiger partial charge in [-0.25, -0.2) is 0 Å². The summed E-state index contributed by atoms with van der Waals surface area (Å²) < 4.78 is 1.96. The molecule has 10 rings (SSSR count). The number of aromatic nitrogens is 1. The Morgan fingerprint density at radius 2 is 1.20 bits per heavy atom. The van der Waals surface area contributed by atoms with Crippen LogP contribution in [0.25, 0.3) is 72.5 Å². The first-order valence-electron chi connectivity index (χ1n) is 18.5. The molecule has 0 N–H and O–H groups in total. The normalized spacial score (nSPS) is 14.2. The van der Waals surface area contributed by atoms with E-state index in [1.807, 2.05) is 65.2 Å². The van der Waals surface area contributed by atoms with Crippen molar-refractivity contribution < 1.29 is 0 Å². The molecule has 0 aliphatic heterocycles. The van der Waals surface area contributed by atoms with Gasteiger partial charge < -0.3 is 4.57 Å². The molecule has 56 heavy (non-hydrogen) atoms. The van der Waals surface area contributed by atoms with Crippen molar-refractivity contribution in [2.24, 2.45) is 0 Å². The van der Waals surface area contributed by atoms with Gasteiger partial charge in [0.05, 0.1) is 51.1 Å². The highest BCUT2D eigenvalue weighted by atomic mass is 15.0. The number of hydrogen-bond acceptors (Lipinski definition) is 4. The van der Waals surface area contributed by atoms with Crippen molar-refractivity contribution >= 4 is 33.5 Å². The molecule has 8 aromatic rings. The molecule has 0 saturated carbocycles. The number of nitriles is 4. The molecular weight excluding hydrogens is 683 g/mol. The standard InChI is InChI=1S/C51H29N5/c1-30-36-10-2-4-12-38(36)43-21-20-40-39-13-5-3-11-37(39)33(24-44(40)50(30)43)22-31-18-19-32(23-34(31)26-52)51-35(27-53)25-49(45(28-54)46(51)29-55)56-47-16-8-6-14-41(47)42-15-7-9-17-48(42)56/h2-23,25,30H,24H2,1H3/b33-22-. The minimum atomic E-state index is 0.0974. The van der Waals surface area contributed by atoms with Crippen LogP contribution < -0.4 is 0 Å². The summed E-state index contributed by atoms with van der Waals surface area (Å²) in [5.41, 5.74) is 16.0. The Balaban J connectivity index is 1.12. The van der Waals surface area contributed by atoms with E-state index in [0.29, 0.717) is 28.8 Å². The van der Waals surface area contributed by atoms with E-state index in [2.05, 4.69) is 97.9 Å². The quantitative estimate of drug-likeness (QED) is 0.182. The SMILES string of the molecule is CC1c2ccccc2-c2ccc3c(c21)C/C(=C/c1ccc(-c2c(C#N)cc(-n4c5ccccc5c5ccccc54)c(C#N)c2C#N)cc1C#N)c1ccccc1-3.